The summed E-state index contributed by atoms with van der Waals surface area (Å²) in [6.45, 7) is 8.09. The molecule has 0 radical (unpaired) electrons. The minimum atomic E-state index is -0.495. The van der Waals surface area contributed by atoms with E-state index in [2.05, 4.69) is 18.1 Å². The van der Waals surface area contributed by atoms with E-state index in [1.54, 1.807) is 19.1 Å². The summed E-state index contributed by atoms with van der Waals surface area (Å²) in [5.74, 6) is -0.950. The number of carbonyl (C=O) groups is 2. The molecule has 0 atom stereocenters. The van der Waals surface area contributed by atoms with Crippen LogP contribution in [0.15, 0.2) is 60.9 Å². The molecule has 0 amide bonds. The molecule has 0 N–H and O–H groups in total. The van der Waals surface area contributed by atoms with Gasteiger partial charge in [0.1, 0.15) is 19.8 Å². The third-order valence-corrected chi connectivity index (χ3v) is 3.79. The minimum Gasteiger partial charge on any atom is -0.459 e. The second kappa shape index (κ2) is 10.1. The smallest absolute Gasteiger partial charge is 0.338 e. The lowest BCUT2D eigenvalue weighted by Crippen LogP contribution is -2.30. The number of pyridine rings is 1. The summed E-state index contributed by atoms with van der Waals surface area (Å²) < 4.78 is 12.0. The molecule has 0 aliphatic heterocycles. The van der Waals surface area contributed by atoms with E-state index in [1.165, 1.54) is 0 Å². The van der Waals surface area contributed by atoms with Crippen LogP contribution in [-0.4, -0.2) is 25.2 Å². The Bertz CT molecular complexity index is 820. The highest BCUT2D eigenvalue weighted by Gasteiger charge is 2.08. The zero-order valence-electron chi connectivity index (χ0n) is 15.7. The second-order valence-corrected chi connectivity index (χ2v) is 5.97. The van der Waals surface area contributed by atoms with Crippen molar-refractivity contribution in [3.05, 3.63) is 77.6 Å². The molecule has 0 saturated heterocycles. The van der Waals surface area contributed by atoms with Crippen molar-refractivity contribution in [1.29, 1.82) is 0 Å². The molecule has 0 spiro atoms. The van der Waals surface area contributed by atoms with Gasteiger partial charge in [-0.1, -0.05) is 30.9 Å². The molecule has 0 unspecified atom stereocenters. The molecule has 5 heteroatoms. The van der Waals surface area contributed by atoms with Crippen LogP contribution in [0.25, 0.3) is 12.2 Å². The van der Waals surface area contributed by atoms with E-state index in [1.807, 2.05) is 48.8 Å². The number of ether oxygens (including phenoxy) is 2. The van der Waals surface area contributed by atoms with Gasteiger partial charge in [0.2, 0.25) is 0 Å². The van der Waals surface area contributed by atoms with E-state index in [4.69, 9.17) is 9.47 Å². The van der Waals surface area contributed by atoms with Gasteiger partial charge in [0, 0.05) is 17.7 Å². The zero-order valence-corrected chi connectivity index (χ0v) is 15.7. The van der Waals surface area contributed by atoms with Gasteiger partial charge in [-0.3, -0.25) is 0 Å². The topological polar surface area (TPSA) is 56.5 Å². The third kappa shape index (κ3) is 6.55. The van der Waals surface area contributed by atoms with Crippen LogP contribution >= 0.6 is 0 Å². The quantitative estimate of drug-likeness (QED) is 0.311. The van der Waals surface area contributed by atoms with Gasteiger partial charge < -0.3 is 9.47 Å². The molecule has 1 aromatic carbocycles. The van der Waals surface area contributed by atoms with Crippen LogP contribution < -0.4 is 4.57 Å². The second-order valence-electron chi connectivity index (χ2n) is 5.97. The maximum Gasteiger partial charge on any atom is 0.338 e. The van der Waals surface area contributed by atoms with E-state index in [0.717, 1.165) is 17.7 Å². The Morgan fingerprint density at radius 2 is 1.52 bits per heavy atom. The summed E-state index contributed by atoms with van der Waals surface area (Å²) in [4.78, 5) is 23.2. The van der Waals surface area contributed by atoms with Gasteiger partial charge >= 0.3 is 11.9 Å². The van der Waals surface area contributed by atoms with Crippen molar-refractivity contribution in [2.75, 3.05) is 13.2 Å². The van der Waals surface area contributed by atoms with Crippen molar-refractivity contribution < 1.29 is 23.6 Å². The molecule has 2 aromatic rings. The van der Waals surface area contributed by atoms with Gasteiger partial charge in [-0.2, -0.15) is 0 Å². The van der Waals surface area contributed by atoms with Gasteiger partial charge in [0.15, 0.2) is 12.4 Å². The lowest BCUT2D eigenvalue weighted by atomic mass is 10.1. The molecule has 1 heterocycles. The van der Waals surface area contributed by atoms with Crippen LogP contribution in [0.5, 0.6) is 0 Å². The number of hydrogen-bond acceptors (Lipinski definition) is 4. The molecular weight excluding hydrogens is 342 g/mol. The highest BCUT2D eigenvalue weighted by atomic mass is 16.6. The monoisotopic (exact) mass is 366 g/mol. The molecule has 0 fully saturated rings. The zero-order chi connectivity index (χ0) is 19.6. The highest BCUT2D eigenvalue weighted by molar-refractivity contribution is 5.90. The fraction of sp³-hybridized carbons (Fsp3) is 0.227. The highest BCUT2D eigenvalue weighted by Crippen LogP contribution is 2.10. The summed E-state index contributed by atoms with van der Waals surface area (Å²) in [6, 6.07) is 11.2. The largest absolute Gasteiger partial charge is 0.459 e. The minimum absolute atomic E-state index is 0.00523. The number of aromatic nitrogens is 1. The van der Waals surface area contributed by atoms with Crippen molar-refractivity contribution in [2.24, 2.45) is 0 Å². The van der Waals surface area contributed by atoms with Crippen molar-refractivity contribution in [3.8, 4) is 0 Å². The summed E-state index contributed by atoms with van der Waals surface area (Å²) >= 11 is 0. The van der Waals surface area contributed by atoms with Crippen LogP contribution in [0.1, 0.15) is 35.3 Å². The first-order valence-corrected chi connectivity index (χ1v) is 8.76. The molecule has 27 heavy (non-hydrogen) atoms. The van der Waals surface area contributed by atoms with Crippen LogP contribution in [0, 0.1) is 0 Å². The molecule has 5 nitrogen and oxygen atoms in total. The number of aryl methyl sites for hydroxylation is 1. The molecule has 140 valence electrons. The first-order valence-electron chi connectivity index (χ1n) is 8.76. The van der Waals surface area contributed by atoms with Crippen LogP contribution in [-0.2, 0) is 20.8 Å². The van der Waals surface area contributed by atoms with E-state index in [9.17, 15) is 9.59 Å². The molecule has 1 aromatic heterocycles. The number of benzene rings is 1. The molecule has 2 rings (SSSR count). The predicted molar refractivity (Wildman–Crippen MR) is 104 cm³/mol. The average molecular weight is 366 g/mol. The van der Waals surface area contributed by atoms with Gasteiger partial charge in [0.05, 0.1) is 5.56 Å². The van der Waals surface area contributed by atoms with E-state index < -0.39 is 11.9 Å². The summed E-state index contributed by atoms with van der Waals surface area (Å²) in [6.07, 6.45) is 8.07. The fourth-order valence-electron chi connectivity index (χ4n) is 2.19. The fourth-order valence-corrected chi connectivity index (χ4v) is 2.19. The number of carbonyl (C=O) groups excluding carboxylic acids is 2. The first kappa shape index (κ1) is 20.1. The van der Waals surface area contributed by atoms with Gasteiger partial charge in [-0.15, -0.1) is 0 Å². The normalized spacial score (nSPS) is 10.6. The lowest BCUT2D eigenvalue weighted by Gasteiger charge is -2.06. The summed E-state index contributed by atoms with van der Waals surface area (Å²) in [5.41, 5.74) is 2.84. The molecular formula is C22H24NO4+. The van der Waals surface area contributed by atoms with E-state index in [-0.39, 0.29) is 13.2 Å². The van der Waals surface area contributed by atoms with Crippen molar-refractivity contribution in [3.63, 3.8) is 0 Å². The summed E-state index contributed by atoms with van der Waals surface area (Å²) in [7, 11) is 0. The van der Waals surface area contributed by atoms with Crippen molar-refractivity contribution in [2.45, 2.75) is 20.4 Å². The number of nitrogens with zero attached hydrogens (tertiary/aromatic N) is 1. The van der Waals surface area contributed by atoms with Crippen LogP contribution in [0.4, 0.5) is 0 Å². The number of esters is 2. The molecule has 0 bridgehead atoms. The number of rotatable bonds is 8. The SMILES string of the molecule is C=C(C)C(=O)OCCOC(=O)c1ccc(C=Cc2cc[n+](CC)cc2)cc1. The standard InChI is InChI=1S/C22H24NO4/c1-4-23-13-11-19(12-14-23)6-5-18-7-9-20(10-8-18)22(25)27-16-15-26-21(24)17(2)3/h5-14H,2,4,15-16H2,1,3H3/q+1. The predicted octanol–water partition coefficient (Wildman–Crippen LogP) is 3.44. The maximum absolute atomic E-state index is 12.0. The van der Waals surface area contributed by atoms with Crippen LogP contribution in [0.3, 0.4) is 0 Å². The summed E-state index contributed by atoms with van der Waals surface area (Å²) in [5, 5.41) is 0. The molecule has 0 saturated carbocycles. The average Bonchev–Trinajstić information content (AvgIpc) is 2.70. The van der Waals surface area contributed by atoms with Gasteiger partial charge in [0.25, 0.3) is 0 Å². The maximum atomic E-state index is 12.0. The van der Waals surface area contributed by atoms with E-state index in [0.29, 0.717) is 11.1 Å². The number of hydrogen-bond donors (Lipinski definition) is 0. The molecule has 0 aliphatic rings. The Morgan fingerprint density at radius 1 is 0.963 bits per heavy atom. The Kier molecular flexibility index (Phi) is 7.49. The Hall–Kier alpha value is -3.21. The third-order valence-electron chi connectivity index (χ3n) is 3.79. The van der Waals surface area contributed by atoms with Gasteiger partial charge in [-0.25, -0.2) is 14.2 Å². The van der Waals surface area contributed by atoms with Crippen LogP contribution in [0.2, 0.25) is 0 Å². The Balaban J connectivity index is 1.84. The lowest BCUT2D eigenvalue weighted by molar-refractivity contribution is -0.693. The van der Waals surface area contributed by atoms with E-state index >= 15 is 0 Å². The van der Waals surface area contributed by atoms with Gasteiger partial charge in [-0.05, 0) is 37.1 Å². The first-order chi connectivity index (χ1) is 13.0. The Labute approximate surface area is 159 Å². The van der Waals surface area contributed by atoms with Crippen molar-refractivity contribution >= 4 is 24.1 Å². The molecule has 0 aliphatic carbocycles. The van der Waals surface area contributed by atoms with Crippen molar-refractivity contribution in [1.82, 2.24) is 0 Å². The Morgan fingerprint density at radius 3 is 2.07 bits per heavy atom.